The molecule has 5 nitrogen and oxygen atoms in total. The number of aryl methyl sites for hydroxylation is 1. The van der Waals surface area contributed by atoms with Gasteiger partial charge in [-0.3, -0.25) is 5.10 Å². The highest BCUT2D eigenvalue weighted by Gasteiger charge is 2.30. The molecule has 1 aromatic heterocycles. The van der Waals surface area contributed by atoms with Gasteiger partial charge in [0.1, 0.15) is 4.90 Å². The van der Waals surface area contributed by atoms with Crippen molar-refractivity contribution in [2.24, 2.45) is 5.92 Å². The molecule has 1 aromatic rings. The molecule has 0 aliphatic heterocycles. The third-order valence-corrected chi connectivity index (χ3v) is 6.28. The fourth-order valence-corrected chi connectivity index (χ4v) is 4.73. The summed E-state index contributed by atoms with van der Waals surface area (Å²) in [4.78, 5) is 0.241. The minimum atomic E-state index is -3.51. The van der Waals surface area contributed by atoms with Crippen LogP contribution in [0.4, 0.5) is 0 Å². The second-order valence-corrected chi connectivity index (χ2v) is 7.80. The molecule has 1 heterocycles. The van der Waals surface area contributed by atoms with Gasteiger partial charge in [-0.05, 0) is 25.7 Å². The largest absolute Gasteiger partial charge is 0.281 e. The Kier molecular flexibility index (Phi) is 5.09. The Balaban J connectivity index is 2.18. The lowest BCUT2D eigenvalue weighted by atomic mass is 9.89. The Labute approximate surface area is 125 Å². The van der Waals surface area contributed by atoms with E-state index in [2.05, 4.69) is 10.2 Å². The number of hydrogen-bond donors (Lipinski definition) is 1. The zero-order valence-corrected chi connectivity index (χ0v) is 13.6. The number of sulfonamides is 1. The van der Waals surface area contributed by atoms with Crippen molar-refractivity contribution in [1.29, 1.82) is 0 Å². The summed E-state index contributed by atoms with van der Waals surface area (Å²) in [7, 11) is -1.87. The normalized spacial score (nSPS) is 17.8. The van der Waals surface area contributed by atoms with Crippen LogP contribution in [-0.2, 0) is 15.9 Å². The predicted octanol–water partition coefficient (Wildman–Crippen LogP) is 2.66. The van der Waals surface area contributed by atoms with Crippen LogP contribution in [0.15, 0.2) is 4.90 Å². The van der Waals surface area contributed by atoms with Crippen molar-refractivity contribution in [3.8, 4) is 0 Å². The third-order valence-electron chi connectivity index (χ3n) is 4.00. The first-order chi connectivity index (χ1) is 9.46. The summed E-state index contributed by atoms with van der Waals surface area (Å²) >= 11 is 5.78. The maximum Gasteiger partial charge on any atom is 0.246 e. The van der Waals surface area contributed by atoms with Gasteiger partial charge in [-0.1, -0.05) is 19.3 Å². The Morgan fingerprint density at radius 1 is 1.35 bits per heavy atom. The Morgan fingerprint density at radius 3 is 2.60 bits per heavy atom. The average molecular weight is 320 g/mol. The Hall–Kier alpha value is -0.590. The summed E-state index contributed by atoms with van der Waals surface area (Å²) in [5.41, 5.74) is 0.954. The SMILES string of the molecule is Cc1[nH]nc(CCl)c1S(=O)(=O)N(C)CC1CCCCC1. The van der Waals surface area contributed by atoms with E-state index in [1.807, 2.05) is 0 Å². The molecular formula is C13H22ClN3O2S. The molecular weight excluding hydrogens is 298 g/mol. The highest BCUT2D eigenvalue weighted by Crippen LogP contribution is 2.27. The number of halogens is 1. The number of H-pyrrole nitrogens is 1. The lowest BCUT2D eigenvalue weighted by Crippen LogP contribution is -2.33. The van der Waals surface area contributed by atoms with Crippen LogP contribution in [-0.4, -0.2) is 36.5 Å². The van der Waals surface area contributed by atoms with E-state index >= 15 is 0 Å². The quantitative estimate of drug-likeness (QED) is 0.848. The topological polar surface area (TPSA) is 66.1 Å². The zero-order chi connectivity index (χ0) is 14.8. The summed E-state index contributed by atoms with van der Waals surface area (Å²) in [6.07, 6.45) is 5.91. The van der Waals surface area contributed by atoms with Gasteiger partial charge in [0.05, 0.1) is 17.3 Å². The summed E-state index contributed by atoms with van der Waals surface area (Å²) < 4.78 is 26.8. The van der Waals surface area contributed by atoms with Gasteiger partial charge >= 0.3 is 0 Å². The minimum Gasteiger partial charge on any atom is -0.281 e. The Morgan fingerprint density at radius 2 is 2.00 bits per heavy atom. The van der Waals surface area contributed by atoms with Crippen molar-refractivity contribution in [2.45, 2.75) is 49.8 Å². The van der Waals surface area contributed by atoms with E-state index in [1.165, 1.54) is 23.6 Å². The highest BCUT2D eigenvalue weighted by atomic mass is 35.5. The molecule has 0 spiro atoms. The van der Waals surface area contributed by atoms with Crippen LogP contribution in [0.5, 0.6) is 0 Å². The fraction of sp³-hybridized carbons (Fsp3) is 0.769. The lowest BCUT2D eigenvalue weighted by molar-refractivity contribution is 0.300. The van der Waals surface area contributed by atoms with Gasteiger partial charge in [-0.25, -0.2) is 12.7 Å². The minimum absolute atomic E-state index is 0.0934. The van der Waals surface area contributed by atoms with Crippen LogP contribution in [0.1, 0.15) is 43.5 Å². The van der Waals surface area contributed by atoms with Crippen molar-refractivity contribution >= 4 is 21.6 Å². The van der Waals surface area contributed by atoms with Crippen LogP contribution in [0.25, 0.3) is 0 Å². The van der Waals surface area contributed by atoms with Gasteiger partial charge in [0, 0.05) is 13.6 Å². The van der Waals surface area contributed by atoms with E-state index in [9.17, 15) is 8.42 Å². The molecule has 114 valence electrons. The summed E-state index contributed by atoms with van der Waals surface area (Å²) in [5, 5.41) is 6.68. The fourth-order valence-electron chi connectivity index (χ4n) is 2.89. The van der Waals surface area contributed by atoms with Crippen molar-refractivity contribution in [1.82, 2.24) is 14.5 Å². The molecule has 0 radical (unpaired) electrons. The van der Waals surface area contributed by atoms with E-state index in [1.54, 1.807) is 14.0 Å². The molecule has 7 heteroatoms. The van der Waals surface area contributed by atoms with Gasteiger partial charge in [-0.2, -0.15) is 5.10 Å². The molecule has 1 saturated carbocycles. The molecule has 0 unspecified atom stereocenters. The molecule has 1 fully saturated rings. The van der Waals surface area contributed by atoms with Crippen LogP contribution >= 0.6 is 11.6 Å². The molecule has 2 rings (SSSR count). The van der Waals surface area contributed by atoms with Gasteiger partial charge in [-0.15, -0.1) is 11.6 Å². The number of nitrogens with one attached hydrogen (secondary N) is 1. The maximum absolute atomic E-state index is 12.7. The number of aromatic nitrogens is 2. The van der Waals surface area contributed by atoms with E-state index in [4.69, 9.17) is 11.6 Å². The van der Waals surface area contributed by atoms with Crippen molar-refractivity contribution in [3.63, 3.8) is 0 Å². The molecule has 0 amide bonds. The number of hydrogen-bond acceptors (Lipinski definition) is 3. The standard InChI is InChI=1S/C13H22ClN3O2S/c1-10-13(12(8-14)16-15-10)20(18,19)17(2)9-11-6-4-3-5-7-11/h11H,3-9H2,1-2H3,(H,15,16). The molecule has 1 aliphatic carbocycles. The van der Waals surface area contributed by atoms with Crippen LogP contribution in [0, 0.1) is 12.8 Å². The molecule has 20 heavy (non-hydrogen) atoms. The van der Waals surface area contributed by atoms with Crippen molar-refractivity contribution in [2.75, 3.05) is 13.6 Å². The van der Waals surface area contributed by atoms with E-state index in [0.29, 0.717) is 23.9 Å². The predicted molar refractivity (Wildman–Crippen MR) is 79.3 cm³/mol. The number of aromatic amines is 1. The van der Waals surface area contributed by atoms with Gasteiger partial charge in [0.15, 0.2) is 0 Å². The highest BCUT2D eigenvalue weighted by molar-refractivity contribution is 7.89. The molecule has 0 atom stereocenters. The number of rotatable bonds is 5. The van der Waals surface area contributed by atoms with Crippen molar-refractivity contribution < 1.29 is 8.42 Å². The molecule has 0 saturated heterocycles. The summed E-state index contributed by atoms with van der Waals surface area (Å²) in [6.45, 7) is 2.29. The first-order valence-electron chi connectivity index (χ1n) is 7.03. The Bertz CT molecular complexity index is 550. The number of nitrogens with zero attached hydrogens (tertiary/aromatic N) is 2. The van der Waals surface area contributed by atoms with Crippen LogP contribution in [0.3, 0.4) is 0 Å². The molecule has 0 aromatic carbocycles. The average Bonchev–Trinajstić information content (AvgIpc) is 2.81. The second-order valence-electron chi connectivity index (χ2n) is 5.55. The van der Waals surface area contributed by atoms with Crippen molar-refractivity contribution in [3.05, 3.63) is 11.4 Å². The third kappa shape index (κ3) is 3.18. The van der Waals surface area contributed by atoms with Crippen LogP contribution in [0.2, 0.25) is 0 Å². The van der Waals surface area contributed by atoms with Gasteiger partial charge in [0.2, 0.25) is 10.0 Å². The molecule has 1 aliphatic rings. The summed E-state index contributed by atoms with van der Waals surface area (Å²) in [6, 6.07) is 0. The zero-order valence-electron chi connectivity index (χ0n) is 12.0. The smallest absolute Gasteiger partial charge is 0.246 e. The lowest BCUT2D eigenvalue weighted by Gasteiger charge is -2.26. The van der Waals surface area contributed by atoms with Crippen LogP contribution < -0.4 is 0 Å². The van der Waals surface area contributed by atoms with Gasteiger partial charge in [0.25, 0.3) is 0 Å². The molecule has 0 bridgehead atoms. The first kappa shape index (κ1) is 15.8. The maximum atomic E-state index is 12.7. The second kappa shape index (κ2) is 6.45. The van der Waals surface area contributed by atoms with Gasteiger partial charge < -0.3 is 0 Å². The van der Waals surface area contributed by atoms with E-state index in [-0.39, 0.29) is 10.8 Å². The van der Waals surface area contributed by atoms with E-state index in [0.717, 1.165) is 12.8 Å². The van der Waals surface area contributed by atoms with E-state index < -0.39 is 10.0 Å². The number of alkyl halides is 1. The first-order valence-corrected chi connectivity index (χ1v) is 9.00. The monoisotopic (exact) mass is 319 g/mol. The molecule has 1 N–H and O–H groups in total. The summed E-state index contributed by atoms with van der Waals surface area (Å²) in [5.74, 6) is 0.561.